The highest BCUT2D eigenvalue weighted by molar-refractivity contribution is 7.89. The van der Waals surface area contributed by atoms with Crippen molar-refractivity contribution in [2.45, 2.75) is 25.2 Å². The van der Waals surface area contributed by atoms with E-state index in [4.69, 9.17) is 5.73 Å². The minimum Gasteiger partial charge on any atom is -0.373 e. The maximum Gasteiger partial charge on any atom is 0.242 e. The van der Waals surface area contributed by atoms with Crippen LogP contribution in [-0.2, 0) is 10.0 Å². The zero-order valence-electron chi connectivity index (χ0n) is 12.5. The number of hydrogen-bond acceptors (Lipinski definition) is 4. The summed E-state index contributed by atoms with van der Waals surface area (Å²) in [5.41, 5.74) is 6.34. The largest absolute Gasteiger partial charge is 0.373 e. The van der Waals surface area contributed by atoms with Gasteiger partial charge in [-0.1, -0.05) is 26.0 Å². The van der Waals surface area contributed by atoms with E-state index in [0.29, 0.717) is 29.6 Å². The monoisotopic (exact) mass is 299 g/mol. The third kappa shape index (κ3) is 4.47. The van der Waals surface area contributed by atoms with Gasteiger partial charge in [-0.25, -0.2) is 13.1 Å². The summed E-state index contributed by atoms with van der Waals surface area (Å²) < 4.78 is 27.2. The molecule has 1 aromatic rings. The summed E-state index contributed by atoms with van der Waals surface area (Å²) in [5.74, 6) is 0.305. The quantitative estimate of drug-likeness (QED) is 0.761. The van der Waals surface area contributed by atoms with E-state index in [9.17, 15) is 8.42 Å². The Balaban J connectivity index is 3.04. The highest BCUT2D eigenvalue weighted by atomic mass is 32.2. The summed E-state index contributed by atoms with van der Waals surface area (Å²) in [6.45, 7) is 5.72. The highest BCUT2D eigenvalue weighted by Crippen LogP contribution is 2.24. The number of hydrogen-bond donors (Lipinski definition) is 2. The van der Waals surface area contributed by atoms with Gasteiger partial charge in [-0.15, -0.1) is 0 Å². The molecule has 0 saturated carbocycles. The molecule has 1 unspecified atom stereocenters. The van der Waals surface area contributed by atoms with Crippen molar-refractivity contribution in [3.8, 4) is 0 Å². The summed E-state index contributed by atoms with van der Waals surface area (Å²) in [7, 11) is -1.57. The topological polar surface area (TPSA) is 75.4 Å². The number of nitrogens with one attached hydrogen (secondary N) is 1. The van der Waals surface area contributed by atoms with Crippen LogP contribution in [0.15, 0.2) is 29.2 Å². The van der Waals surface area contributed by atoms with Crippen molar-refractivity contribution < 1.29 is 8.42 Å². The van der Waals surface area contributed by atoms with Crippen LogP contribution in [0.5, 0.6) is 0 Å². The first-order valence-electron chi connectivity index (χ1n) is 6.92. The molecule has 0 fully saturated rings. The van der Waals surface area contributed by atoms with Gasteiger partial charge in [0.05, 0.1) is 5.69 Å². The molecule has 0 spiro atoms. The van der Waals surface area contributed by atoms with Gasteiger partial charge in [-0.2, -0.15) is 0 Å². The minimum atomic E-state index is -3.46. The fraction of sp³-hybridized carbons (Fsp3) is 0.571. The third-order valence-electron chi connectivity index (χ3n) is 3.10. The van der Waals surface area contributed by atoms with Gasteiger partial charge < -0.3 is 10.6 Å². The molecular formula is C14H25N3O2S. The summed E-state index contributed by atoms with van der Waals surface area (Å²) in [6.07, 6.45) is 0.765. The molecule has 0 aromatic heterocycles. The standard InChI is InChI=1S/C14H25N3O2S/c1-4-9-16-20(18,19)14-8-6-5-7-13(14)17(3)11-12(2)10-15/h5-8,12,16H,4,9-11,15H2,1-3H3. The van der Waals surface area contributed by atoms with Crippen LogP contribution in [0.1, 0.15) is 20.3 Å². The zero-order chi connectivity index (χ0) is 15.2. The van der Waals surface area contributed by atoms with Crippen LogP contribution in [0.4, 0.5) is 5.69 Å². The van der Waals surface area contributed by atoms with Crippen LogP contribution in [0, 0.1) is 5.92 Å². The van der Waals surface area contributed by atoms with Crippen molar-refractivity contribution >= 4 is 15.7 Å². The number of nitrogens with two attached hydrogens (primary N) is 1. The van der Waals surface area contributed by atoms with Gasteiger partial charge in [0.2, 0.25) is 10.0 Å². The zero-order valence-corrected chi connectivity index (χ0v) is 13.3. The van der Waals surface area contributed by atoms with Gasteiger partial charge in [0, 0.05) is 20.1 Å². The second-order valence-corrected chi connectivity index (χ2v) is 6.82. The summed E-state index contributed by atoms with van der Waals surface area (Å²) >= 11 is 0. The Hall–Kier alpha value is -1.11. The Morgan fingerprint density at radius 1 is 1.35 bits per heavy atom. The Morgan fingerprint density at radius 3 is 2.60 bits per heavy atom. The van der Waals surface area contributed by atoms with Gasteiger partial charge >= 0.3 is 0 Å². The van der Waals surface area contributed by atoms with Crippen LogP contribution in [-0.4, -0.2) is 35.1 Å². The summed E-state index contributed by atoms with van der Waals surface area (Å²) in [5, 5.41) is 0. The van der Waals surface area contributed by atoms with Crippen LogP contribution < -0.4 is 15.4 Å². The molecule has 1 aromatic carbocycles. The van der Waals surface area contributed by atoms with Crippen LogP contribution in [0.25, 0.3) is 0 Å². The minimum absolute atomic E-state index is 0.305. The molecule has 3 N–H and O–H groups in total. The Morgan fingerprint density at radius 2 is 2.00 bits per heavy atom. The molecule has 0 saturated heterocycles. The number of nitrogens with zero attached hydrogens (tertiary/aromatic N) is 1. The number of sulfonamides is 1. The van der Waals surface area contributed by atoms with Crippen LogP contribution >= 0.6 is 0 Å². The highest BCUT2D eigenvalue weighted by Gasteiger charge is 2.20. The van der Waals surface area contributed by atoms with E-state index < -0.39 is 10.0 Å². The lowest BCUT2D eigenvalue weighted by molar-refractivity contribution is 0.575. The van der Waals surface area contributed by atoms with E-state index >= 15 is 0 Å². The molecule has 1 atom stereocenters. The second kappa shape index (κ2) is 7.61. The fourth-order valence-corrected chi connectivity index (χ4v) is 3.34. The maximum atomic E-state index is 12.3. The van der Waals surface area contributed by atoms with Crippen molar-refractivity contribution in [2.24, 2.45) is 11.7 Å². The Labute approximate surface area is 122 Å². The van der Waals surface area contributed by atoms with Gasteiger partial charge in [0.1, 0.15) is 4.90 Å². The van der Waals surface area contributed by atoms with Crippen molar-refractivity contribution in [3.05, 3.63) is 24.3 Å². The SMILES string of the molecule is CCCNS(=O)(=O)c1ccccc1N(C)CC(C)CN. The lowest BCUT2D eigenvalue weighted by Crippen LogP contribution is -2.31. The van der Waals surface area contributed by atoms with Gasteiger partial charge in [0.15, 0.2) is 0 Å². The summed E-state index contributed by atoms with van der Waals surface area (Å²) in [4.78, 5) is 2.26. The van der Waals surface area contributed by atoms with Crippen molar-refractivity contribution in [1.82, 2.24) is 4.72 Å². The van der Waals surface area contributed by atoms with E-state index in [1.165, 1.54) is 0 Å². The lowest BCUT2D eigenvalue weighted by Gasteiger charge is -2.25. The molecule has 0 radical (unpaired) electrons. The molecule has 0 amide bonds. The average molecular weight is 299 g/mol. The van der Waals surface area contributed by atoms with E-state index in [0.717, 1.165) is 13.0 Å². The van der Waals surface area contributed by atoms with Gasteiger partial charge in [-0.05, 0) is 31.0 Å². The van der Waals surface area contributed by atoms with Crippen molar-refractivity contribution in [1.29, 1.82) is 0 Å². The molecule has 0 bridgehead atoms. The Bertz CT molecular complexity index is 517. The third-order valence-corrected chi connectivity index (χ3v) is 4.60. The molecule has 5 nitrogen and oxygen atoms in total. The van der Waals surface area contributed by atoms with Crippen molar-refractivity contribution in [2.75, 3.05) is 31.6 Å². The first kappa shape index (κ1) is 16.9. The lowest BCUT2D eigenvalue weighted by atomic mass is 10.1. The van der Waals surface area contributed by atoms with Gasteiger partial charge in [0.25, 0.3) is 0 Å². The molecule has 114 valence electrons. The molecule has 6 heteroatoms. The van der Waals surface area contributed by atoms with E-state index in [-0.39, 0.29) is 0 Å². The molecule has 0 heterocycles. The first-order valence-corrected chi connectivity index (χ1v) is 8.40. The number of rotatable bonds is 8. The predicted octanol–water partition coefficient (Wildman–Crippen LogP) is 1.41. The molecule has 0 aliphatic heterocycles. The maximum absolute atomic E-state index is 12.3. The number of benzene rings is 1. The number of anilines is 1. The normalized spacial score (nSPS) is 13.2. The molecule has 0 aliphatic carbocycles. The Kier molecular flexibility index (Phi) is 6.45. The van der Waals surface area contributed by atoms with E-state index in [1.807, 2.05) is 37.9 Å². The molecule has 0 aliphatic rings. The smallest absolute Gasteiger partial charge is 0.242 e. The van der Waals surface area contributed by atoms with Crippen LogP contribution in [0.2, 0.25) is 0 Å². The number of para-hydroxylation sites is 1. The first-order chi connectivity index (χ1) is 9.42. The van der Waals surface area contributed by atoms with Crippen molar-refractivity contribution in [3.63, 3.8) is 0 Å². The van der Waals surface area contributed by atoms with E-state index in [2.05, 4.69) is 4.72 Å². The summed E-state index contributed by atoms with van der Waals surface area (Å²) in [6, 6.07) is 7.04. The molecular weight excluding hydrogens is 274 g/mol. The fourth-order valence-electron chi connectivity index (χ4n) is 1.95. The van der Waals surface area contributed by atoms with Crippen LogP contribution in [0.3, 0.4) is 0 Å². The second-order valence-electron chi connectivity index (χ2n) is 5.09. The van der Waals surface area contributed by atoms with Gasteiger partial charge in [-0.3, -0.25) is 0 Å². The average Bonchev–Trinajstić information content (AvgIpc) is 2.45. The molecule has 20 heavy (non-hydrogen) atoms. The van der Waals surface area contributed by atoms with E-state index in [1.54, 1.807) is 12.1 Å². The molecule has 1 rings (SSSR count). The predicted molar refractivity (Wildman–Crippen MR) is 83.4 cm³/mol.